The van der Waals surface area contributed by atoms with E-state index in [0.717, 1.165) is 35.5 Å². The Labute approximate surface area is 76.7 Å². The second kappa shape index (κ2) is 2.75. The van der Waals surface area contributed by atoms with Crippen molar-refractivity contribution in [2.45, 2.75) is 40.5 Å². The topological polar surface area (TPSA) is 0 Å². The summed E-state index contributed by atoms with van der Waals surface area (Å²) >= 11 is 0. The van der Waals surface area contributed by atoms with Crippen LogP contribution >= 0.6 is 0 Å². The van der Waals surface area contributed by atoms with Crippen molar-refractivity contribution in [3.05, 3.63) is 0 Å². The molecular formula is C12H22. The van der Waals surface area contributed by atoms with Crippen LogP contribution in [0.25, 0.3) is 0 Å². The number of rotatable bonds is 2. The van der Waals surface area contributed by atoms with Crippen LogP contribution in [0.3, 0.4) is 0 Å². The highest BCUT2D eigenvalue weighted by atomic mass is 14.6. The predicted octanol–water partition coefficient (Wildman–Crippen LogP) is 3.57. The maximum absolute atomic E-state index is 2.46. The van der Waals surface area contributed by atoms with Gasteiger partial charge in [0, 0.05) is 0 Å². The molecule has 0 amide bonds. The zero-order chi connectivity index (χ0) is 8.88. The first kappa shape index (κ1) is 8.59. The molecular weight excluding hydrogens is 144 g/mol. The number of fused-ring (bicyclic) bond motifs is 1. The minimum absolute atomic E-state index is 0.930. The Bertz CT molecular complexity index is 171. The van der Waals surface area contributed by atoms with Gasteiger partial charge in [0.15, 0.2) is 0 Å². The van der Waals surface area contributed by atoms with Crippen molar-refractivity contribution in [3.8, 4) is 0 Å². The van der Waals surface area contributed by atoms with Gasteiger partial charge in [0.25, 0.3) is 0 Å². The van der Waals surface area contributed by atoms with E-state index in [4.69, 9.17) is 0 Å². The van der Waals surface area contributed by atoms with Gasteiger partial charge in [-0.25, -0.2) is 0 Å². The normalized spacial score (nSPS) is 51.2. The molecule has 12 heavy (non-hydrogen) atoms. The molecule has 0 spiro atoms. The number of hydrogen-bond acceptors (Lipinski definition) is 0. The van der Waals surface area contributed by atoms with Crippen LogP contribution in [0, 0.1) is 35.5 Å². The molecule has 0 heterocycles. The molecule has 0 aromatic rings. The van der Waals surface area contributed by atoms with Crippen molar-refractivity contribution in [1.29, 1.82) is 0 Å². The Balaban J connectivity index is 2.04. The van der Waals surface area contributed by atoms with Gasteiger partial charge < -0.3 is 0 Å². The summed E-state index contributed by atoms with van der Waals surface area (Å²) in [5, 5.41) is 0. The minimum atomic E-state index is 0.930. The van der Waals surface area contributed by atoms with E-state index in [1.807, 2.05) is 0 Å². The lowest BCUT2D eigenvalue weighted by atomic mass is 9.86. The second-order valence-electron chi connectivity index (χ2n) is 5.33. The molecule has 0 N–H and O–H groups in total. The van der Waals surface area contributed by atoms with Crippen LogP contribution in [0.15, 0.2) is 0 Å². The molecule has 0 bridgehead atoms. The molecule has 5 unspecified atom stereocenters. The monoisotopic (exact) mass is 166 g/mol. The van der Waals surface area contributed by atoms with Crippen molar-refractivity contribution in [1.82, 2.24) is 0 Å². The molecule has 0 saturated heterocycles. The van der Waals surface area contributed by atoms with Gasteiger partial charge in [-0.3, -0.25) is 0 Å². The maximum Gasteiger partial charge on any atom is -0.0321 e. The third-order valence-electron chi connectivity index (χ3n) is 4.51. The van der Waals surface area contributed by atoms with Gasteiger partial charge in [0.2, 0.25) is 0 Å². The third kappa shape index (κ3) is 1.03. The maximum atomic E-state index is 2.46. The molecule has 2 aliphatic rings. The predicted molar refractivity (Wildman–Crippen MR) is 52.9 cm³/mol. The zero-order valence-electron chi connectivity index (χ0n) is 8.88. The quantitative estimate of drug-likeness (QED) is 0.588. The van der Waals surface area contributed by atoms with Crippen molar-refractivity contribution >= 4 is 0 Å². The summed E-state index contributed by atoms with van der Waals surface area (Å²) in [7, 11) is 0. The van der Waals surface area contributed by atoms with Gasteiger partial charge in [-0.15, -0.1) is 0 Å². The standard InChI is InChI=1S/C12H22/c1-5-9-6-10(7(2)3)12-8(4)11(9)12/h7-12H,5-6H2,1-4H3. The van der Waals surface area contributed by atoms with E-state index < -0.39 is 0 Å². The Hall–Kier alpha value is 0. The molecule has 2 aliphatic carbocycles. The zero-order valence-corrected chi connectivity index (χ0v) is 8.88. The lowest BCUT2D eigenvalue weighted by molar-refractivity contribution is 0.297. The molecule has 5 atom stereocenters. The molecule has 0 nitrogen and oxygen atoms in total. The summed E-state index contributed by atoms with van der Waals surface area (Å²) in [6.45, 7) is 9.65. The van der Waals surface area contributed by atoms with Gasteiger partial charge in [0.1, 0.15) is 0 Å². The molecule has 2 rings (SSSR count). The fourth-order valence-electron chi connectivity index (χ4n) is 3.76. The van der Waals surface area contributed by atoms with Crippen LogP contribution in [-0.2, 0) is 0 Å². The number of hydrogen-bond donors (Lipinski definition) is 0. The fraction of sp³-hybridized carbons (Fsp3) is 1.00. The average molecular weight is 166 g/mol. The third-order valence-corrected chi connectivity index (χ3v) is 4.51. The smallest absolute Gasteiger partial charge is 0.0321 e. The lowest BCUT2D eigenvalue weighted by Gasteiger charge is -2.20. The second-order valence-corrected chi connectivity index (χ2v) is 5.33. The summed E-state index contributed by atoms with van der Waals surface area (Å²) in [6, 6.07) is 0. The molecule has 0 aromatic heterocycles. The van der Waals surface area contributed by atoms with Crippen LogP contribution in [0.5, 0.6) is 0 Å². The van der Waals surface area contributed by atoms with Crippen LogP contribution in [-0.4, -0.2) is 0 Å². The summed E-state index contributed by atoms with van der Waals surface area (Å²) in [6.07, 6.45) is 2.96. The van der Waals surface area contributed by atoms with E-state index in [9.17, 15) is 0 Å². The van der Waals surface area contributed by atoms with E-state index in [2.05, 4.69) is 27.7 Å². The van der Waals surface area contributed by atoms with Crippen LogP contribution in [0.1, 0.15) is 40.5 Å². The fourth-order valence-corrected chi connectivity index (χ4v) is 3.76. The summed E-state index contributed by atoms with van der Waals surface area (Å²) in [5.74, 6) is 6.39. The van der Waals surface area contributed by atoms with Gasteiger partial charge >= 0.3 is 0 Å². The molecule has 2 fully saturated rings. The summed E-state index contributed by atoms with van der Waals surface area (Å²) in [4.78, 5) is 0. The van der Waals surface area contributed by atoms with E-state index in [1.54, 1.807) is 0 Å². The Morgan fingerprint density at radius 2 is 1.92 bits per heavy atom. The van der Waals surface area contributed by atoms with Gasteiger partial charge in [-0.05, 0) is 41.9 Å². The average Bonchev–Trinajstić information content (AvgIpc) is 2.56. The SMILES string of the molecule is CCC1CC(C(C)C)C2C(C)C12. The molecule has 2 saturated carbocycles. The highest BCUT2D eigenvalue weighted by Crippen LogP contribution is 2.65. The summed E-state index contributed by atoms with van der Waals surface area (Å²) in [5.41, 5.74) is 0. The van der Waals surface area contributed by atoms with E-state index in [0.29, 0.717) is 0 Å². The molecule has 0 aromatic carbocycles. The van der Waals surface area contributed by atoms with E-state index >= 15 is 0 Å². The largest absolute Gasteiger partial charge is 0.0651 e. The first-order chi connectivity index (χ1) is 5.66. The van der Waals surface area contributed by atoms with Crippen molar-refractivity contribution in [2.75, 3.05) is 0 Å². The Kier molecular flexibility index (Phi) is 1.97. The van der Waals surface area contributed by atoms with Gasteiger partial charge in [-0.1, -0.05) is 34.1 Å². The van der Waals surface area contributed by atoms with Gasteiger partial charge in [-0.2, -0.15) is 0 Å². The van der Waals surface area contributed by atoms with Crippen molar-refractivity contribution in [2.24, 2.45) is 35.5 Å². The molecule has 0 heteroatoms. The first-order valence-electron chi connectivity index (χ1n) is 5.66. The Morgan fingerprint density at radius 1 is 1.25 bits per heavy atom. The minimum Gasteiger partial charge on any atom is -0.0651 e. The Morgan fingerprint density at radius 3 is 2.25 bits per heavy atom. The lowest BCUT2D eigenvalue weighted by Crippen LogP contribution is -2.12. The van der Waals surface area contributed by atoms with Crippen LogP contribution < -0.4 is 0 Å². The highest BCUT2D eigenvalue weighted by Gasteiger charge is 2.59. The highest BCUT2D eigenvalue weighted by molar-refractivity contribution is 5.07. The van der Waals surface area contributed by atoms with Gasteiger partial charge in [0.05, 0.1) is 0 Å². The molecule has 0 radical (unpaired) electrons. The summed E-state index contributed by atoms with van der Waals surface area (Å²) < 4.78 is 0. The van der Waals surface area contributed by atoms with Crippen molar-refractivity contribution < 1.29 is 0 Å². The van der Waals surface area contributed by atoms with Crippen LogP contribution in [0.4, 0.5) is 0 Å². The van der Waals surface area contributed by atoms with E-state index in [-0.39, 0.29) is 0 Å². The molecule has 0 aliphatic heterocycles. The van der Waals surface area contributed by atoms with E-state index in [1.165, 1.54) is 12.8 Å². The molecule has 70 valence electrons. The first-order valence-corrected chi connectivity index (χ1v) is 5.66. The van der Waals surface area contributed by atoms with Crippen molar-refractivity contribution in [3.63, 3.8) is 0 Å². The van der Waals surface area contributed by atoms with Crippen LogP contribution in [0.2, 0.25) is 0 Å².